The molecule has 0 spiro atoms. The number of fused-ring (bicyclic) bond motifs is 1. The first kappa shape index (κ1) is 16.0. The van der Waals surface area contributed by atoms with Gasteiger partial charge in [-0.1, -0.05) is 17.3 Å². The molecule has 3 aromatic rings. The van der Waals surface area contributed by atoms with Crippen LogP contribution in [0.15, 0.2) is 45.9 Å². The minimum Gasteiger partial charge on any atom is -0.395 e. The summed E-state index contributed by atoms with van der Waals surface area (Å²) in [4.78, 5) is 19.9. The van der Waals surface area contributed by atoms with Crippen molar-refractivity contribution >= 4 is 10.9 Å². The van der Waals surface area contributed by atoms with Gasteiger partial charge >= 0.3 is 0 Å². The highest BCUT2D eigenvalue weighted by Crippen LogP contribution is 2.32. The Labute approximate surface area is 144 Å². The molecule has 1 N–H and O–H groups in total. The molecule has 0 bridgehead atoms. The molecule has 0 amide bonds. The van der Waals surface area contributed by atoms with Crippen molar-refractivity contribution in [3.05, 3.63) is 58.5 Å². The maximum Gasteiger partial charge on any atom is 0.261 e. The fourth-order valence-corrected chi connectivity index (χ4v) is 3.59. The van der Waals surface area contributed by atoms with E-state index in [2.05, 4.69) is 10.1 Å². The van der Waals surface area contributed by atoms with Crippen LogP contribution in [0.5, 0.6) is 0 Å². The molecule has 1 unspecified atom stereocenters. The van der Waals surface area contributed by atoms with Crippen LogP contribution in [-0.2, 0) is 13.1 Å². The first-order chi connectivity index (χ1) is 12.3. The smallest absolute Gasteiger partial charge is 0.261 e. The van der Waals surface area contributed by atoms with Gasteiger partial charge in [-0.2, -0.15) is 0 Å². The number of aromatic nitrogens is 3. The molecule has 130 valence electrons. The molecule has 1 saturated heterocycles. The van der Waals surface area contributed by atoms with Crippen molar-refractivity contribution < 1.29 is 9.63 Å². The van der Waals surface area contributed by atoms with Crippen molar-refractivity contribution in [2.45, 2.75) is 32.0 Å². The third-order valence-corrected chi connectivity index (χ3v) is 4.73. The van der Waals surface area contributed by atoms with Gasteiger partial charge in [0.2, 0.25) is 0 Å². The number of para-hydroxylation sites is 1. The van der Waals surface area contributed by atoms with Crippen molar-refractivity contribution in [3.8, 4) is 0 Å². The Morgan fingerprint density at radius 3 is 2.96 bits per heavy atom. The number of benzene rings is 1. The highest BCUT2D eigenvalue weighted by molar-refractivity contribution is 5.77. The number of aliphatic hydroxyl groups excluding tert-OH is 1. The van der Waals surface area contributed by atoms with Crippen LogP contribution >= 0.6 is 0 Å². The fraction of sp³-hybridized carbons (Fsp3) is 0.389. The normalized spacial score (nSPS) is 18.2. The summed E-state index contributed by atoms with van der Waals surface area (Å²) in [6.07, 6.45) is 3.52. The van der Waals surface area contributed by atoms with Gasteiger partial charge < -0.3 is 9.63 Å². The molecule has 1 aliphatic rings. The molecule has 1 fully saturated rings. The standard InChI is InChI=1S/C18H20N4O3/c23-10-9-22-17(19-15-5-2-1-4-14(15)18(22)24)16-6-3-8-21(16)12-13-7-11-25-20-13/h1-2,4-5,7,11,16,23H,3,6,8-10,12H2. The van der Waals surface area contributed by atoms with Crippen molar-refractivity contribution in [2.24, 2.45) is 0 Å². The zero-order chi connectivity index (χ0) is 17.2. The van der Waals surface area contributed by atoms with Crippen LogP contribution in [0.25, 0.3) is 10.9 Å². The van der Waals surface area contributed by atoms with Crippen LogP contribution in [0.3, 0.4) is 0 Å². The zero-order valence-corrected chi connectivity index (χ0v) is 13.8. The Kier molecular flexibility index (Phi) is 4.33. The van der Waals surface area contributed by atoms with Gasteiger partial charge in [-0.25, -0.2) is 4.98 Å². The lowest BCUT2D eigenvalue weighted by atomic mass is 10.1. The SMILES string of the molecule is O=c1c2ccccc2nc(C2CCCN2Cc2ccon2)n1CCO. The number of rotatable bonds is 5. The molecule has 0 aliphatic carbocycles. The van der Waals surface area contributed by atoms with E-state index in [9.17, 15) is 9.90 Å². The Balaban J connectivity index is 1.78. The van der Waals surface area contributed by atoms with Gasteiger partial charge in [0, 0.05) is 12.6 Å². The number of aliphatic hydroxyl groups is 1. The second-order valence-corrected chi connectivity index (χ2v) is 6.29. The second kappa shape index (κ2) is 6.78. The highest BCUT2D eigenvalue weighted by atomic mass is 16.5. The predicted octanol–water partition coefficient (Wildman–Crippen LogP) is 1.71. The third-order valence-electron chi connectivity index (χ3n) is 4.73. The summed E-state index contributed by atoms with van der Waals surface area (Å²) in [5, 5.41) is 14.0. The molecule has 4 rings (SSSR count). The van der Waals surface area contributed by atoms with Gasteiger partial charge in [0.1, 0.15) is 12.1 Å². The van der Waals surface area contributed by atoms with E-state index in [1.54, 1.807) is 16.9 Å². The van der Waals surface area contributed by atoms with Crippen LogP contribution in [0.1, 0.15) is 30.4 Å². The van der Waals surface area contributed by atoms with Crippen molar-refractivity contribution in [1.29, 1.82) is 0 Å². The maximum absolute atomic E-state index is 12.9. The van der Waals surface area contributed by atoms with Crippen LogP contribution in [0, 0.1) is 0 Å². The quantitative estimate of drug-likeness (QED) is 0.761. The topological polar surface area (TPSA) is 84.4 Å². The molecule has 1 atom stereocenters. The molecular formula is C18H20N4O3. The van der Waals surface area contributed by atoms with Gasteiger partial charge in [-0.3, -0.25) is 14.3 Å². The van der Waals surface area contributed by atoms with E-state index in [1.807, 2.05) is 24.3 Å². The van der Waals surface area contributed by atoms with Gasteiger partial charge in [0.05, 0.1) is 35.8 Å². The molecule has 1 aliphatic heterocycles. The van der Waals surface area contributed by atoms with Crippen molar-refractivity contribution in [3.63, 3.8) is 0 Å². The van der Waals surface area contributed by atoms with E-state index in [0.29, 0.717) is 17.4 Å². The number of hydrogen-bond acceptors (Lipinski definition) is 6. The summed E-state index contributed by atoms with van der Waals surface area (Å²) < 4.78 is 6.54. The largest absolute Gasteiger partial charge is 0.395 e. The lowest BCUT2D eigenvalue weighted by molar-refractivity contribution is 0.218. The monoisotopic (exact) mass is 340 g/mol. The van der Waals surface area contributed by atoms with E-state index >= 15 is 0 Å². The summed E-state index contributed by atoms with van der Waals surface area (Å²) in [7, 11) is 0. The summed E-state index contributed by atoms with van der Waals surface area (Å²) in [6, 6.07) is 9.24. The summed E-state index contributed by atoms with van der Waals surface area (Å²) in [5.41, 5.74) is 1.47. The Morgan fingerprint density at radius 1 is 1.28 bits per heavy atom. The van der Waals surface area contributed by atoms with Crippen molar-refractivity contribution in [1.82, 2.24) is 19.6 Å². The highest BCUT2D eigenvalue weighted by Gasteiger charge is 2.30. The molecule has 25 heavy (non-hydrogen) atoms. The van der Waals surface area contributed by atoms with Gasteiger partial charge in [0.15, 0.2) is 0 Å². The molecule has 0 saturated carbocycles. The molecule has 2 aromatic heterocycles. The Morgan fingerprint density at radius 2 is 2.16 bits per heavy atom. The molecule has 7 heteroatoms. The molecule has 0 radical (unpaired) electrons. The fourth-order valence-electron chi connectivity index (χ4n) is 3.59. The average Bonchev–Trinajstić information content (AvgIpc) is 3.30. The number of hydrogen-bond donors (Lipinski definition) is 1. The van der Waals surface area contributed by atoms with Gasteiger partial charge in [-0.15, -0.1) is 0 Å². The van der Waals surface area contributed by atoms with Crippen molar-refractivity contribution in [2.75, 3.05) is 13.2 Å². The van der Waals surface area contributed by atoms with E-state index in [0.717, 1.165) is 30.9 Å². The Bertz CT molecular complexity index is 920. The summed E-state index contributed by atoms with van der Waals surface area (Å²) in [5.74, 6) is 0.721. The van der Waals surface area contributed by atoms with Gasteiger partial charge in [-0.05, 0) is 31.5 Å². The van der Waals surface area contributed by atoms with E-state index in [1.165, 1.54) is 0 Å². The zero-order valence-electron chi connectivity index (χ0n) is 13.8. The number of likely N-dealkylation sites (tertiary alicyclic amines) is 1. The minimum absolute atomic E-state index is 0.0283. The number of nitrogens with zero attached hydrogens (tertiary/aromatic N) is 4. The molecular weight excluding hydrogens is 320 g/mol. The molecule has 3 heterocycles. The summed E-state index contributed by atoms with van der Waals surface area (Å²) >= 11 is 0. The van der Waals surface area contributed by atoms with Crippen LogP contribution < -0.4 is 5.56 Å². The second-order valence-electron chi connectivity index (χ2n) is 6.29. The van der Waals surface area contributed by atoms with E-state index in [4.69, 9.17) is 9.51 Å². The first-order valence-electron chi connectivity index (χ1n) is 8.51. The van der Waals surface area contributed by atoms with E-state index in [-0.39, 0.29) is 24.8 Å². The minimum atomic E-state index is -0.0945. The predicted molar refractivity (Wildman–Crippen MR) is 92.0 cm³/mol. The van der Waals surface area contributed by atoms with Crippen LogP contribution in [0.2, 0.25) is 0 Å². The Hall–Kier alpha value is -2.51. The molecule has 1 aromatic carbocycles. The first-order valence-corrected chi connectivity index (χ1v) is 8.51. The maximum atomic E-state index is 12.9. The lowest BCUT2D eigenvalue weighted by Gasteiger charge is -2.25. The third kappa shape index (κ3) is 2.96. The van der Waals surface area contributed by atoms with Crippen LogP contribution in [-0.4, -0.2) is 37.9 Å². The average molecular weight is 340 g/mol. The lowest BCUT2D eigenvalue weighted by Crippen LogP contribution is -2.33. The summed E-state index contributed by atoms with van der Waals surface area (Å²) in [6.45, 7) is 1.73. The van der Waals surface area contributed by atoms with E-state index < -0.39 is 0 Å². The van der Waals surface area contributed by atoms with Crippen LogP contribution in [0.4, 0.5) is 0 Å². The van der Waals surface area contributed by atoms with Gasteiger partial charge in [0.25, 0.3) is 5.56 Å². The molecule has 7 nitrogen and oxygen atoms in total.